The van der Waals surface area contributed by atoms with E-state index in [0.29, 0.717) is 12.1 Å². The highest BCUT2D eigenvalue weighted by molar-refractivity contribution is 9.11. The molecule has 1 aromatic carbocycles. The third kappa shape index (κ3) is 4.08. The minimum atomic E-state index is -0.0475. The second-order valence-electron chi connectivity index (χ2n) is 4.36. The number of thiophene rings is 1. The average molecular weight is 353 g/mol. The molecule has 1 aromatic heterocycles. The quantitative estimate of drug-likeness (QED) is 0.815. The van der Waals surface area contributed by atoms with Gasteiger partial charge in [-0.2, -0.15) is 0 Å². The number of carbonyl (C=O) groups is 1. The Balaban J connectivity index is 2.01. The fraction of sp³-hybridized carbons (Fsp3) is 0.267. The van der Waals surface area contributed by atoms with Crippen LogP contribution >= 0.6 is 27.3 Å². The van der Waals surface area contributed by atoms with Crippen molar-refractivity contribution in [1.82, 2.24) is 5.32 Å². The predicted octanol–water partition coefficient (Wildman–Crippen LogP) is 4.26. The summed E-state index contributed by atoms with van der Waals surface area (Å²) in [5.41, 5.74) is 1.58. The van der Waals surface area contributed by atoms with Crippen molar-refractivity contribution in [1.29, 1.82) is 0 Å². The second kappa shape index (κ2) is 7.45. The van der Waals surface area contributed by atoms with Crippen molar-refractivity contribution in [3.05, 3.63) is 50.6 Å². The maximum absolute atomic E-state index is 12.3. The number of hydrogen-bond donors (Lipinski definition) is 2. The molecule has 0 radical (unpaired) electrons. The van der Waals surface area contributed by atoms with Gasteiger partial charge in [0.15, 0.2) is 0 Å². The van der Waals surface area contributed by atoms with Crippen LogP contribution in [-0.4, -0.2) is 12.5 Å². The van der Waals surface area contributed by atoms with Crippen molar-refractivity contribution in [3.8, 4) is 0 Å². The molecule has 0 bridgehead atoms. The molecule has 0 unspecified atom stereocenters. The van der Waals surface area contributed by atoms with Crippen molar-refractivity contribution >= 4 is 38.9 Å². The number of anilines is 1. The highest BCUT2D eigenvalue weighted by Gasteiger charge is 2.10. The van der Waals surface area contributed by atoms with Crippen LogP contribution in [0.4, 0.5) is 5.69 Å². The summed E-state index contributed by atoms with van der Waals surface area (Å²) in [5.74, 6) is -0.0475. The van der Waals surface area contributed by atoms with Gasteiger partial charge < -0.3 is 10.6 Å². The monoisotopic (exact) mass is 352 g/mol. The molecule has 20 heavy (non-hydrogen) atoms. The van der Waals surface area contributed by atoms with E-state index < -0.39 is 0 Å². The summed E-state index contributed by atoms with van der Waals surface area (Å²) in [4.78, 5) is 13.4. The smallest absolute Gasteiger partial charge is 0.253 e. The minimum absolute atomic E-state index is 0.0475. The fourth-order valence-corrected chi connectivity index (χ4v) is 3.23. The van der Waals surface area contributed by atoms with Gasteiger partial charge in [0.1, 0.15) is 0 Å². The van der Waals surface area contributed by atoms with E-state index in [1.165, 1.54) is 0 Å². The first-order chi connectivity index (χ1) is 9.70. The Hall–Kier alpha value is -1.33. The molecule has 0 aliphatic carbocycles. The standard InChI is InChI=1S/C15H17BrN2OS/c1-2-9-17-13-6-4-3-5-12(13)15(19)18-10-11-7-8-14(16)20-11/h3-8,17H,2,9-10H2,1H3,(H,18,19). The lowest BCUT2D eigenvalue weighted by atomic mass is 10.1. The zero-order valence-corrected chi connectivity index (χ0v) is 13.7. The molecule has 0 aliphatic rings. The van der Waals surface area contributed by atoms with Gasteiger partial charge in [0.2, 0.25) is 0 Å². The van der Waals surface area contributed by atoms with Crippen LogP contribution in [0.15, 0.2) is 40.2 Å². The van der Waals surface area contributed by atoms with Crippen LogP contribution in [0.25, 0.3) is 0 Å². The van der Waals surface area contributed by atoms with Crippen LogP contribution < -0.4 is 10.6 Å². The molecule has 2 rings (SSSR count). The molecule has 0 aliphatic heterocycles. The Labute approximate surface area is 131 Å². The normalized spacial score (nSPS) is 10.3. The number of rotatable bonds is 6. The maximum atomic E-state index is 12.3. The Morgan fingerprint density at radius 3 is 2.75 bits per heavy atom. The molecule has 106 valence electrons. The average Bonchev–Trinajstić information content (AvgIpc) is 2.88. The first-order valence-corrected chi connectivity index (χ1v) is 8.17. The molecule has 0 fully saturated rings. The Bertz CT molecular complexity index is 583. The molecule has 0 spiro atoms. The highest BCUT2D eigenvalue weighted by Crippen LogP contribution is 2.22. The topological polar surface area (TPSA) is 41.1 Å². The summed E-state index contributed by atoms with van der Waals surface area (Å²) < 4.78 is 1.08. The van der Waals surface area contributed by atoms with Crippen LogP contribution in [0.3, 0.4) is 0 Å². The summed E-state index contributed by atoms with van der Waals surface area (Å²) in [7, 11) is 0. The summed E-state index contributed by atoms with van der Waals surface area (Å²) in [6.07, 6.45) is 1.03. The molecule has 1 heterocycles. The zero-order chi connectivity index (χ0) is 14.4. The Morgan fingerprint density at radius 2 is 2.05 bits per heavy atom. The molecular formula is C15H17BrN2OS. The van der Waals surface area contributed by atoms with Gasteiger partial charge in [-0.05, 0) is 46.6 Å². The van der Waals surface area contributed by atoms with Gasteiger partial charge in [0, 0.05) is 17.1 Å². The number of benzene rings is 1. The summed E-state index contributed by atoms with van der Waals surface area (Å²) in [6, 6.07) is 11.6. The van der Waals surface area contributed by atoms with Crippen molar-refractivity contribution in [3.63, 3.8) is 0 Å². The van der Waals surface area contributed by atoms with E-state index in [1.54, 1.807) is 11.3 Å². The number of carbonyl (C=O) groups excluding carboxylic acids is 1. The third-order valence-corrected chi connectivity index (χ3v) is 4.41. The molecule has 2 aromatic rings. The summed E-state index contributed by atoms with van der Waals surface area (Å²) in [6.45, 7) is 3.52. The van der Waals surface area contributed by atoms with Crippen molar-refractivity contribution in [2.75, 3.05) is 11.9 Å². The van der Waals surface area contributed by atoms with Gasteiger partial charge in [-0.15, -0.1) is 11.3 Å². The zero-order valence-electron chi connectivity index (χ0n) is 11.3. The van der Waals surface area contributed by atoms with E-state index in [-0.39, 0.29) is 5.91 Å². The maximum Gasteiger partial charge on any atom is 0.253 e. The van der Waals surface area contributed by atoms with Gasteiger partial charge in [-0.1, -0.05) is 19.1 Å². The molecule has 0 saturated heterocycles. The van der Waals surface area contributed by atoms with Crippen LogP contribution in [0.1, 0.15) is 28.6 Å². The van der Waals surface area contributed by atoms with Crippen LogP contribution in [0, 0.1) is 0 Å². The largest absolute Gasteiger partial charge is 0.384 e. The van der Waals surface area contributed by atoms with Crippen LogP contribution in [-0.2, 0) is 6.54 Å². The minimum Gasteiger partial charge on any atom is -0.384 e. The molecule has 2 N–H and O–H groups in total. The lowest BCUT2D eigenvalue weighted by Gasteiger charge is -2.11. The van der Waals surface area contributed by atoms with Crippen molar-refractivity contribution in [2.45, 2.75) is 19.9 Å². The van der Waals surface area contributed by atoms with Crippen molar-refractivity contribution in [2.24, 2.45) is 0 Å². The number of amides is 1. The van der Waals surface area contributed by atoms with Gasteiger partial charge >= 0.3 is 0 Å². The molecular weight excluding hydrogens is 336 g/mol. The van der Waals surface area contributed by atoms with E-state index in [0.717, 1.165) is 27.3 Å². The Kier molecular flexibility index (Phi) is 5.61. The summed E-state index contributed by atoms with van der Waals surface area (Å²) >= 11 is 5.05. The van der Waals surface area contributed by atoms with E-state index in [1.807, 2.05) is 36.4 Å². The van der Waals surface area contributed by atoms with E-state index in [9.17, 15) is 4.79 Å². The van der Waals surface area contributed by atoms with Gasteiger partial charge in [0.25, 0.3) is 5.91 Å². The number of para-hydroxylation sites is 1. The lowest BCUT2D eigenvalue weighted by molar-refractivity contribution is 0.0952. The molecule has 1 amide bonds. The number of halogens is 1. The number of nitrogens with one attached hydrogen (secondary N) is 2. The predicted molar refractivity (Wildman–Crippen MR) is 88.4 cm³/mol. The van der Waals surface area contributed by atoms with E-state index in [4.69, 9.17) is 0 Å². The van der Waals surface area contributed by atoms with Crippen LogP contribution in [0.2, 0.25) is 0 Å². The van der Waals surface area contributed by atoms with E-state index in [2.05, 4.69) is 33.5 Å². The molecule has 0 atom stereocenters. The van der Waals surface area contributed by atoms with Gasteiger partial charge in [0.05, 0.1) is 15.9 Å². The van der Waals surface area contributed by atoms with Crippen molar-refractivity contribution < 1.29 is 4.79 Å². The third-order valence-electron chi connectivity index (χ3n) is 2.79. The summed E-state index contributed by atoms with van der Waals surface area (Å²) in [5, 5.41) is 6.24. The van der Waals surface area contributed by atoms with Gasteiger partial charge in [-0.3, -0.25) is 4.79 Å². The van der Waals surface area contributed by atoms with Crippen LogP contribution in [0.5, 0.6) is 0 Å². The number of hydrogen-bond acceptors (Lipinski definition) is 3. The molecule has 3 nitrogen and oxygen atoms in total. The lowest BCUT2D eigenvalue weighted by Crippen LogP contribution is -2.23. The highest BCUT2D eigenvalue weighted by atomic mass is 79.9. The second-order valence-corrected chi connectivity index (χ2v) is 6.91. The first-order valence-electron chi connectivity index (χ1n) is 6.56. The molecule has 5 heteroatoms. The molecule has 0 saturated carbocycles. The van der Waals surface area contributed by atoms with Gasteiger partial charge in [-0.25, -0.2) is 0 Å². The SMILES string of the molecule is CCCNc1ccccc1C(=O)NCc1ccc(Br)s1. The van der Waals surface area contributed by atoms with E-state index >= 15 is 0 Å². The fourth-order valence-electron chi connectivity index (χ4n) is 1.80. The first kappa shape index (κ1) is 15.1. The Morgan fingerprint density at radius 1 is 1.25 bits per heavy atom.